The number of nitrogens with zero attached hydrogens (tertiary/aromatic N) is 2. The average molecular weight is 638 g/mol. The first-order valence-corrected chi connectivity index (χ1v) is 14.5. The second-order valence-corrected chi connectivity index (χ2v) is 11.4. The van der Waals surface area contributed by atoms with Gasteiger partial charge in [-0.3, -0.25) is 30.0 Å². The summed E-state index contributed by atoms with van der Waals surface area (Å²) in [4.78, 5) is 49.6. The van der Waals surface area contributed by atoms with E-state index in [0.29, 0.717) is 24.0 Å². The van der Waals surface area contributed by atoms with Crippen LogP contribution in [0.5, 0.6) is 0 Å². The Morgan fingerprint density at radius 3 is 1.41 bits per heavy atom. The molecule has 2 atom stereocenters. The molecule has 0 aromatic carbocycles. The number of hydrogen-bond acceptors (Lipinski definition) is 8. The number of hydrazine groups is 2. The molecule has 2 amide bonds. The summed E-state index contributed by atoms with van der Waals surface area (Å²) in [5, 5.41) is 7.20. The largest absolute Gasteiger partial charge is 0.299 e. The van der Waals surface area contributed by atoms with Gasteiger partial charge in [0.05, 0.1) is 12.1 Å². The summed E-state index contributed by atoms with van der Waals surface area (Å²) in [6.45, 7) is 3.05. The van der Waals surface area contributed by atoms with Crippen LogP contribution in [0.25, 0.3) is 0 Å². The van der Waals surface area contributed by atoms with Gasteiger partial charge >= 0.3 is 0 Å². The summed E-state index contributed by atoms with van der Waals surface area (Å²) in [7, 11) is 0. The number of rotatable bonds is 2. The van der Waals surface area contributed by atoms with Crippen LogP contribution in [-0.2, 0) is 38.7 Å². The van der Waals surface area contributed by atoms with Gasteiger partial charge < -0.3 is 0 Å². The zero-order valence-electron chi connectivity index (χ0n) is 22.7. The molecule has 2 aromatic rings. The molecule has 2 aliphatic carbocycles. The standard InChI is InChI=1S/2C15H14N2O2S.Zn/c2*1-10(18)17-13(15-7-4-8-20-15)9-12(16-17)11-5-2-3-6-14(11)19;/h2*2-8,13,16H,9H2,1H3;/b2*12-11-;. The van der Waals surface area contributed by atoms with Crippen molar-refractivity contribution in [2.24, 2.45) is 0 Å². The Labute approximate surface area is 259 Å². The Morgan fingerprint density at radius 1 is 0.707 bits per heavy atom. The zero-order chi connectivity index (χ0) is 28.2. The number of carbonyl (C=O) groups is 4. The van der Waals surface area contributed by atoms with Crippen LogP contribution in [-0.4, -0.2) is 33.4 Å². The summed E-state index contributed by atoms with van der Waals surface area (Å²) < 4.78 is 0. The molecule has 4 heterocycles. The molecule has 4 aliphatic rings. The van der Waals surface area contributed by atoms with E-state index in [0.717, 1.165) is 21.1 Å². The van der Waals surface area contributed by atoms with Crippen molar-refractivity contribution in [1.82, 2.24) is 20.9 Å². The van der Waals surface area contributed by atoms with Crippen molar-refractivity contribution in [1.29, 1.82) is 0 Å². The number of amides is 2. The number of nitrogens with one attached hydrogen (secondary N) is 2. The van der Waals surface area contributed by atoms with E-state index in [1.807, 2.05) is 47.2 Å². The first-order valence-electron chi connectivity index (χ1n) is 12.8. The van der Waals surface area contributed by atoms with Crippen LogP contribution in [0, 0.1) is 0 Å². The second-order valence-electron chi connectivity index (χ2n) is 9.42. The molecule has 0 bridgehead atoms. The van der Waals surface area contributed by atoms with Crippen LogP contribution < -0.4 is 10.9 Å². The van der Waals surface area contributed by atoms with Gasteiger partial charge in [-0.05, 0) is 47.2 Å². The molecule has 8 nitrogen and oxygen atoms in total. The molecule has 0 spiro atoms. The molecule has 2 unspecified atom stereocenters. The maximum Gasteiger partial charge on any atom is 0.238 e. The van der Waals surface area contributed by atoms with Crippen molar-refractivity contribution >= 4 is 46.1 Å². The third-order valence-corrected chi connectivity index (χ3v) is 8.72. The quantitative estimate of drug-likeness (QED) is 0.356. The Kier molecular flexibility index (Phi) is 9.86. The fraction of sp³-hybridized carbons (Fsp3) is 0.200. The first kappa shape index (κ1) is 30.3. The zero-order valence-corrected chi connectivity index (χ0v) is 27.3. The van der Waals surface area contributed by atoms with Crippen molar-refractivity contribution in [3.63, 3.8) is 0 Å². The number of ketones is 2. The van der Waals surface area contributed by atoms with E-state index < -0.39 is 0 Å². The van der Waals surface area contributed by atoms with Gasteiger partial charge in [0.15, 0.2) is 11.6 Å². The average Bonchev–Trinajstić information content (AvgIpc) is 3.74. The van der Waals surface area contributed by atoms with E-state index in [-0.39, 0.29) is 54.9 Å². The van der Waals surface area contributed by atoms with Crippen molar-refractivity contribution in [2.45, 2.75) is 38.8 Å². The smallest absolute Gasteiger partial charge is 0.238 e. The van der Waals surface area contributed by atoms with E-state index in [2.05, 4.69) is 10.9 Å². The van der Waals surface area contributed by atoms with Gasteiger partial charge in [-0.1, -0.05) is 36.4 Å². The second kappa shape index (κ2) is 13.3. The molecule has 2 fully saturated rings. The Hall–Kier alpha value is -3.66. The third-order valence-electron chi connectivity index (χ3n) is 6.78. The van der Waals surface area contributed by atoms with E-state index in [4.69, 9.17) is 0 Å². The molecule has 0 radical (unpaired) electrons. The molecule has 2 N–H and O–H groups in total. The molecular weight excluding hydrogens is 610 g/mol. The monoisotopic (exact) mass is 636 g/mol. The number of allylic oxidation sites excluding steroid dienone is 10. The van der Waals surface area contributed by atoms with E-state index in [1.54, 1.807) is 69.1 Å². The molecule has 6 rings (SSSR count). The normalized spacial score (nSPS) is 24.5. The van der Waals surface area contributed by atoms with Gasteiger partial charge in [-0.25, -0.2) is 10.0 Å². The van der Waals surface area contributed by atoms with Crippen LogP contribution >= 0.6 is 22.7 Å². The minimum Gasteiger partial charge on any atom is -0.299 e. The summed E-state index contributed by atoms with van der Waals surface area (Å²) >= 11 is 3.23. The maximum absolute atomic E-state index is 11.9. The van der Waals surface area contributed by atoms with Gasteiger partial charge in [0.2, 0.25) is 11.8 Å². The molecule has 2 aromatic heterocycles. The molecular formula is C30H28N4O4S2Zn. The van der Waals surface area contributed by atoms with Crippen molar-refractivity contribution in [3.8, 4) is 0 Å². The van der Waals surface area contributed by atoms with Gasteiger partial charge in [0, 0.05) is 78.5 Å². The third kappa shape index (κ3) is 6.64. The van der Waals surface area contributed by atoms with Crippen LogP contribution in [0.3, 0.4) is 0 Å². The fourth-order valence-corrected chi connectivity index (χ4v) is 6.53. The van der Waals surface area contributed by atoms with Crippen molar-refractivity contribution in [2.75, 3.05) is 0 Å². The summed E-state index contributed by atoms with van der Waals surface area (Å²) in [6.07, 6.45) is 15.1. The molecule has 11 heteroatoms. The Balaban J connectivity index is 0.000000184. The SMILES string of the molecule is CC(=O)N1N/C(=C2/C=CC=CC2=O)CC1c1cccs1.CC(=O)N1N/C(=C2/C=CC=CC2=O)CC1c1cccs1.[Zn]. The van der Waals surface area contributed by atoms with Crippen LogP contribution in [0.2, 0.25) is 0 Å². The predicted octanol–water partition coefficient (Wildman–Crippen LogP) is 4.99. The maximum atomic E-state index is 11.9. The van der Waals surface area contributed by atoms with Crippen LogP contribution in [0.4, 0.5) is 0 Å². The Morgan fingerprint density at radius 2 is 1.10 bits per heavy atom. The molecule has 0 saturated carbocycles. The van der Waals surface area contributed by atoms with Gasteiger partial charge in [-0.2, -0.15) is 0 Å². The van der Waals surface area contributed by atoms with Crippen molar-refractivity contribution in [3.05, 3.63) is 116 Å². The molecule has 2 saturated heterocycles. The Bertz CT molecular complexity index is 1400. The van der Waals surface area contributed by atoms with Gasteiger partial charge in [0.25, 0.3) is 0 Å². The fourth-order valence-electron chi connectivity index (χ4n) is 4.89. The minimum absolute atomic E-state index is 0. The number of thiophene rings is 2. The van der Waals surface area contributed by atoms with Crippen molar-refractivity contribution < 1.29 is 38.7 Å². The van der Waals surface area contributed by atoms with Gasteiger partial charge in [-0.15, -0.1) is 22.7 Å². The topological polar surface area (TPSA) is 98.8 Å². The molecule has 2 aliphatic heterocycles. The molecule has 41 heavy (non-hydrogen) atoms. The van der Waals surface area contributed by atoms with E-state index in [9.17, 15) is 19.2 Å². The summed E-state index contributed by atoms with van der Waals surface area (Å²) in [6, 6.07) is 7.89. The summed E-state index contributed by atoms with van der Waals surface area (Å²) in [5.74, 6) is -0.153. The van der Waals surface area contributed by atoms with Crippen LogP contribution in [0.15, 0.2) is 106 Å². The minimum atomic E-state index is -0.0539. The first-order chi connectivity index (χ1) is 19.3. The van der Waals surface area contributed by atoms with Gasteiger partial charge in [0.1, 0.15) is 0 Å². The molecule has 206 valence electrons. The van der Waals surface area contributed by atoms with E-state index >= 15 is 0 Å². The van der Waals surface area contributed by atoms with E-state index in [1.165, 1.54) is 13.8 Å². The van der Waals surface area contributed by atoms with Crippen LogP contribution in [0.1, 0.15) is 48.5 Å². The summed E-state index contributed by atoms with van der Waals surface area (Å²) in [5.41, 5.74) is 9.08. The predicted molar refractivity (Wildman–Crippen MR) is 155 cm³/mol. The number of hydrogen-bond donors (Lipinski definition) is 2. The number of carbonyl (C=O) groups excluding carboxylic acids is 4.